The number of halogens is 1. The minimum absolute atomic E-state index is 0.0331. The second-order valence-electron chi connectivity index (χ2n) is 7.70. The molecule has 168 valence electrons. The van der Waals surface area contributed by atoms with Crippen molar-refractivity contribution in [3.05, 3.63) is 111 Å². The van der Waals surface area contributed by atoms with Crippen molar-refractivity contribution in [3.63, 3.8) is 0 Å². The lowest BCUT2D eigenvalue weighted by Gasteiger charge is -2.19. The number of aromatic nitrogens is 3. The van der Waals surface area contributed by atoms with E-state index < -0.39 is 0 Å². The fourth-order valence-corrected chi connectivity index (χ4v) is 4.02. The molecule has 0 aliphatic rings. The largest absolute Gasteiger partial charge is 0.443 e. The van der Waals surface area contributed by atoms with Crippen LogP contribution in [0.15, 0.2) is 88.5 Å². The van der Waals surface area contributed by atoms with Gasteiger partial charge in [0.1, 0.15) is 12.0 Å². The minimum atomic E-state index is -0.340. The lowest BCUT2D eigenvalue weighted by Crippen LogP contribution is -2.28. The van der Waals surface area contributed by atoms with Crippen LogP contribution in [0.25, 0.3) is 28.2 Å². The molecule has 8 heteroatoms. The molecule has 0 bridgehead atoms. The maximum Gasteiger partial charge on any atom is 0.253 e. The zero-order valence-corrected chi connectivity index (χ0v) is 18.9. The number of nitrogens with zero attached hydrogens (tertiary/aromatic N) is 3. The number of carbonyl (C=O) groups is 1. The van der Waals surface area contributed by atoms with Crippen LogP contribution >= 0.6 is 11.6 Å². The van der Waals surface area contributed by atoms with E-state index in [1.165, 1.54) is 18.7 Å². The highest BCUT2D eigenvalue weighted by Gasteiger charge is 2.23. The van der Waals surface area contributed by atoms with Gasteiger partial charge in [-0.25, -0.2) is 4.98 Å². The maximum absolute atomic E-state index is 13.6. The molecule has 3 heterocycles. The van der Waals surface area contributed by atoms with Gasteiger partial charge in [0.2, 0.25) is 5.89 Å². The molecule has 0 atom stereocenters. The van der Waals surface area contributed by atoms with Crippen molar-refractivity contribution in [2.24, 2.45) is 0 Å². The SMILES string of the molecule is Cc1ccc(C(=O)NCc2c(-c3ncco3)n(-c3ccccc3)c3cc(Cl)ccc3c2=O)cn1. The summed E-state index contributed by atoms with van der Waals surface area (Å²) < 4.78 is 7.51. The molecule has 5 aromatic rings. The maximum atomic E-state index is 13.6. The second-order valence-corrected chi connectivity index (χ2v) is 8.13. The van der Waals surface area contributed by atoms with E-state index in [2.05, 4.69) is 15.3 Å². The fourth-order valence-electron chi connectivity index (χ4n) is 3.85. The molecule has 0 saturated heterocycles. The lowest BCUT2D eigenvalue weighted by molar-refractivity contribution is 0.0950. The van der Waals surface area contributed by atoms with Crippen molar-refractivity contribution in [3.8, 4) is 17.3 Å². The molecule has 7 nitrogen and oxygen atoms in total. The van der Waals surface area contributed by atoms with E-state index in [0.29, 0.717) is 32.7 Å². The van der Waals surface area contributed by atoms with E-state index in [0.717, 1.165) is 11.4 Å². The summed E-state index contributed by atoms with van der Waals surface area (Å²) in [5.41, 5.74) is 3.15. The Labute approximate surface area is 199 Å². The quantitative estimate of drug-likeness (QED) is 0.393. The molecule has 34 heavy (non-hydrogen) atoms. The average Bonchev–Trinajstić information content (AvgIpc) is 3.38. The monoisotopic (exact) mass is 470 g/mol. The van der Waals surface area contributed by atoms with Crippen LogP contribution in [-0.4, -0.2) is 20.4 Å². The van der Waals surface area contributed by atoms with Gasteiger partial charge < -0.3 is 14.3 Å². The van der Waals surface area contributed by atoms with Crippen LogP contribution in [0.3, 0.4) is 0 Å². The fraction of sp³-hybridized carbons (Fsp3) is 0.0769. The van der Waals surface area contributed by atoms with Crippen LogP contribution < -0.4 is 10.7 Å². The van der Waals surface area contributed by atoms with Crippen LogP contribution in [0.2, 0.25) is 5.02 Å². The molecular formula is C26H19ClN4O3. The summed E-state index contributed by atoms with van der Waals surface area (Å²) in [5, 5.41) is 3.80. The van der Waals surface area contributed by atoms with Gasteiger partial charge >= 0.3 is 0 Å². The zero-order chi connectivity index (χ0) is 23.7. The van der Waals surface area contributed by atoms with E-state index in [4.69, 9.17) is 16.0 Å². The summed E-state index contributed by atoms with van der Waals surface area (Å²) in [6.07, 6.45) is 4.46. The zero-order valence-electron chi connectivity index (χ0n) is 18.2. The van der Waals surface area contributed by atoms with E-state index in [-0.39, 0.29) is 23.8 Å². The van der Waals surface area contributed by atoms with E-state index in [1.807, 2.05) is 41.8 Å². The first kappa shape index (κ1) is 21.6. The van der Waals surface area contributed by atoms with Crippen molar-refractivity contribution in [1.82, 2.24) is 19.9 Å². The number of hydrogen-bond acceptors (Lipinski definition) is 5. The van der Waals surface area contributed by atoms with E-state index in [1.54, 1.807) is 30.3 Å². The van der Waals surface area contributed by atoms with Crippen LogP contribution in [0.5, 0.6) is 0 Å². The normalized spacial score (nSPS) is 11.0. The molecule has 0 aliphatic carbocycles. The van der Waals surface area contributed by atoms with Crippen molar-refractivity contribution >= 4 is 28.4 Å². The predicted octanol–water partition coefficient (Wildman–Crippen LogP) is 4.93. The third-order valence-corrected chi connectivity index (χ3v) is 5.71. The van der Waals surface area contributed by atoms with Gasteiger partial charge in [-0.3, -0.25) is 14.6 Å². The molecule has 0 unspecified atom stereocenters. The first-order chi connectivity index (χ1) is 16.5. The van der Waals surface area contributed by atoms with Crippen molar-refractivity contribution in [2.45, 2.75) is 13.5 Å². The Morgan fingerprint density at radius 1 is 1.09 bits per heavy atom. The van der Waals surface area contributed by atoms with Gasteiger partial charge in [0.15, 0.2) is 5.43 Å². The van der Waals surface area contributed by atoms with Gasteiger partial charge in [-0.1, -0.05) is 29.8 Å². The molecule has 0 radical (unpaired) electrons. The Morgan fingerprint density at radius 2 is 1.91 bits per heavy atom. The molecule has 5 rings (SSSR count). The Kier molecular flexibility index (Phi) is 5.69. The summed E-state index contributed by atoms with van der Waals surface area (Å²) >= 11 is 6.31. The van der Waals surface area contributed by atoms with Gasteiger partial charge in [0.25, 0.3) is 5.91 Å². The number of carbonyl (C=O) groups excluding carboxylic acids is 1. The number of rotatable bonds is 5. The minimum Gasteiger partial charge on any atom is -0.443 e. The Balaban J connectivity index is 1.72. The van der Waals surface area contributed by atoms with Crippen molar-refractivity contribution in [2.75, 3.05) is 0 Å². The van der Waals surface area contributed by atoms with Crippen molar-refractivity contribution < 1.29 is 9.21 Å². The van der Waals surface area contributed by atoms with Crippen LogP contribution in [-0.2, 0) is 6.54 Å². The van der Waals surface area contributed by atoms with E-state index in [9.17, 15) is 9.59 Å². The topological polar surface area (TPSA) is 90.0 Å². The summed E-state index contributed by atoms with van der Waals surface area (Å²) in [6.45, 7) is 1.81. The molecule has 1 amide bonds. The highest BCUT2D eigenvalue weighted by atomic mass is 35.5. The van der Waals surface area contributed by atoms with E-state index >= 15 is 0 Å². The third-order valence-electron chi connectivity index (χ3n) is 5.48. The van der Waals surface area contributed by atoms with Crippen LogP contribution in [0, 0.1) is 6.92 Å². The molecule has 0 fully saturated rings. The number of benzene rings is 2. The molecule has 0 saturated carbocycles. The number of hydrogen-bond donors (Lipinski definition) is 1. The predicted molar refractivity (Wildman–Crippen MR) is 130 cm³/mol. The summed E-state index contributed by atoms with van der Waals surface area (Å²) in [5.74, 6) is -0.0863. The van der Waals surface area contributed by atoms with Crippen molar-refractivity contribution in [1.29, 1.82) is 0 Å². The molecular weight excluding hydrogens is 452 g/mol. The number of para-hydroxylation sites is 1. The number of aryl methyl sites for hydroxylation is 1. The molecule has 1 N–H and O–H groups in total. The molecule has 3 aromatic heterocycles. The number of oxazole rings is 1. The first-order valence-electron chi connectivity index (χ1n) is 10.6. The highest BCUT2D eigenvalue weighted by Crippen LogP contribution is 2.30. The molecule has 2 aromatic carbocycles. The number of pyridine rings is 2. The average molecular weight is 471 g/mol. The lowest BCUT2D eigenvalue weighted by atomic mass is 10.1. The van der Waals surface area contributed by atoms with Gasteiger partial charge in [0.05, 0.1) is 17.3 Å². The molecule has 0 aliphatic heterocycles. The molecule has 0 spiro atoms. The van der Waals surface area contributed by atoms with Gasteiger partial charge in [-0.15, -0.1) is 0 Å². The Hall–Kier alpha value is -4.23. The second kappa shape index (κ2) is 8.96. The smallest absolute Gasteiger partial charge is 0.253 e. The Bertz CT molecular complexity index is 1540. The van der Waals surface area contributed by atoms with Crippen LogP contribution in [0.4, 0.5) is 0 Å². The number of fused-ring (bicyclic) bond motifs is 1. The summed E-state index contributed by atoms with van der Waals surface area (Å²) in [7, 11) is 0. The summed E-state index contributed by atoms with van der Waals surface area (Å²) in [4.78, 5) is 34.9. The van der Waals surface area contributed by atoms with Gasteiger partial charge in [-0.05, 0) is 49.4 Å². The number of amides is 1. The third kappa shape index (κ3) is 3.97. The summed E-state index contributed by atoms with van der Waals surface area (Å²) in [6, 6.07) is 18.1. The van der Waals surface area contributed by atoms with Crippen LogP contribution in [0.1, 0.15) is 21.6 Å². The standard InChI is InChI=1S/C26H19ClN4O3/c1-16-7-8-17(14-29-16)25(33)30-15-21-23(26-28-11-12-34-26)31(19-5-3-2-4-6-19)22-13-18(27)9-10-20(22)24(21)32/h2-14H,15H2,1H3,(H,30,33). The van der Waals surface area contributed by atoms with Gasteiger partial charge in [0, 0.05) is 40.1 Å². The Morgan fingerprint density at radius 3 is 2.62 bits per heavy atom. The highest BCUT2D eigenvalue weighted by molar-refractivity contribution is 6.31. The number of nitrogens with one attached hydrogen (secondary N) is 1. The van der Waals surface area contributed by atoms with Gasteiger partial charge in [-0.2, -0.15) is 0 Å². The first-order valence-corrected chi connectivity index (χ1v) is 10.9.